The van der Waals surface area contributed by atoms with Gasteiger partial charge in [0.15, 0.2) is 0 Å². The standard InChI is InChI=1S/C8H10ClN5/c9-5-2-1-3-6(4-5)13-8(12)14-7(10)11/h1-4H,(H6,10,11,12,13,14)/p+1. The third kappa shape index (κ3) is 3.32. The number of nitrogens with zero attached hydrogens (tertiary/aromatic N) is 1. The highest BCUT2D eigenvalue weighted by Gasteiger charge is 1.97. The molecule has 74 valence electrons. The van der Waals surface area contributed by atoms with E-state index in [0.29, 0.717) is 10.7 Å². The second-order valence-corrected chi connectivity index (χ2v) is 2.99. The third-order valence-corrected chi connectivity index (χ3v) is 1.57. The molecule has 0 radical (unpaired) electrons. The minimum atomic E-state index is -0.00622. The lowest BCUT2D eigenvalue weighted by atomic mass is 10.3. The summed E-state index contributed by atoms with van der Waals surface area (Å²) in [5.41, 5.74) is 16.4. The fourth-order valence-electron chi connectivity index (χ4n) is 0.861. The Kier molecular flexibility index (Phi) is 3.30. The summed E-state index contributed by atoms with van der Waals surface area (Å²) in [5, 5.41) is 0.587. The molecule has 0 saturated heterocycles. The zero-order chi connectivity index (χ0) is 10.6. The first-order valence-corrected chi connectivity index (χ1v) is 4.20. The summed E-state index contributed by atoms with van der Waals surface area (Å²) < 4.78 is 0. The normalized spacial score (nSPS) is 11.1. The number of nitrogens with two attached hydrogens (primary N) is 3. The molecule has 5 nitrogen and oxygen atoms in total. The molecule has 0 fully saturated rings. The summed E-state index contributed by atoms with van der Waals surface area (Å²) in [6, 6.07) is 6.94. The smallest absolute Gasteiger partial charge is 0.316 e. The molecule has 1 rings (SSSR count). The van der Waals surface area contributed by atoms with E-state index in [1.165, 1.54) is 0 Å². The van der Waals surface area contributed by atoms with Crippen molar-refractivity contribution in [3.05, 3.63) is 29.3 Å². The van der Waals surface area contributed by atoms with E-state index in [4.69, 9.17) is 28.8 Å². The van der Waals surface area contributed by atoms with E-state index < -0.39 is 0 Å². The van der Waals surface area contributed by atoms with Crippen LogP contribution < -0.4 is 22.2 Å². The Labute approximate surface area is 86.3 Å². The van der Waals surface area contributed by atoms with Gasteiger partial charge in [-0.25, -0.2) is 4.99 Å². The summed E-state index contributed by atoms with van der Waals surface area (Å²) >= 11 is 5.75. The predicted molar refractivity (Wildman–Crippen MR) is 57.1 cm³/mol. The summed E-state index contributed by atoms with van der Waals surface area (Å²) in [4.78, 5) is 6.45. The summed E-state index contributed by atoms with van der Waals surface area (Å²) in [5.74, 6) is 0.112. The Morgan fingerprint density at radius 2 is 2.00 bits per heavy atom. The van der Waals surface area contributed by atoms with Crippen molar-refractivity contribution in [2.45, 2.75) is 0 Å². The van der Waals surface area contributed by atoms with Gasteiger partial charge in [-0.1, -0.05) is 17.7 Å². The number of hydrogen-bond acceptors (Lipinski definition) is 1. The van der Waals surface area contributed by atoms with Crippen LogP contribution in [0.2, 0.25) is 5.02 Å². The van der Waals surface area contributed by atoms with Crippen LogP contribution in [0.25, 0.3) is 0 Å². The molecule has 0 spiro atoms. The quantitative estimate of drug-likeness (QED) is 0.341. The number of benzene rings is 1. The molecule has 6 heteroatoms. The molecule has 0 amide bonds. The summed E-state index contributed by atoms with van der Waals surface area (Å²) in [6.07, 6.45) is 0. The molecular formula is C8H11ClN5+. The molecule has 0 aliphatic carbocycles. The molecular weight excluding hydrogens is 202 g/mol. The fraction of sp³-hybridized carbons (Fsp3) is 0. The Balaban J connectivity index is 2.92. The number of guanidine groups is 2. The van der Waals surface area contributed by atoms with Gasteiger partial charge >= 0.3 is 5.96 Å². The monoisotopic (exact) mass is 212 g/mol. The predicted octanol–water partition coefficient (Wildman–Crippen LogP) is -1.36. The largest absolute Gasteiger partial charge is 0.323 e. The maximum absolute atomic E-state index is 5.75. The van der Waals surface area contributed by atoms with Crippen LogP contribution in [0.15, 0.2) is 29.3 Å². The van der Waals surface area contributed by atoms with E-state index in [2.05, 4.69) is 9.98 Å². The Morgan fingerprint density at radius 1 is 1.29 bits per heavy atom. The van der Waals surface area contributed by atoms with Crippen molar-refractivity contribution >= 4 is 29.2 Å². The molecule has 7 N–H and O–H groups in total. The van der Waals surface area contributed by atoms with Gasteiger partial charge in [0.2, 0.25) is 0 Å². The average Bonchev–Trinajstić information content (AvgIpc) is 2.01. The van der Waals surface area contributed by atoms with Gasteiger partial charge in [0.1, 0.15) is 5.69 Å². The highest BCUT2D eigenvalue weighted by atomic mass is 35.5. The lowest BCUT2D eigenvalue weighted by molar-refractivity contribution is -0.320. The molecule has 1 aromatic rings. The Bertz CT molecular complexity index is 381. The second kappa shape index (κ2) is 4.48. The molecule has 0 aromatic heterocycles. The minimum absolute atomic E-state index is 0.00622. The van der Waals surface area contributed by atoms with E-state index in [-0.39, 0.29) is 11.9 Å². The highest BCUT2D eigenvalue weighted by Crippen LogP contribution is 2.16. The van der Waals surface area contributed by atoms with E-state index >= 15 is 0 Å². The first kappa shape index (κ1) is 10.3. The number of halogens is 1. The van der Waals surface area contributed by atoms with Gasteiger partial charge < -0.3 is 17.2 Å². The van der Waals surface area contributed by atoms with Crippen LogP contribution in [0.3, 0.4) is 0 Å². The lowest BCUT2D eigenvalue weighted by Crippen LogP contribution is -2.84. The maximum atomic E-state index is 5.75. The molecule has 0 atom stereocenters. The van der Waals surface area contributed by atoms with Gasteiger partial charge in [-0.3, -0.25) is 0 Å². The van der Waals surface area contributed by atoms with Gasteiger partial charge in [-0.05, 0) is 18.2 Å². The van der Waals surface area contributed by atoms with E-state index in [0.717, 1.165) is 0 Å². The average molecular weight is 213 g/mol. The molecule has 14 heavy (non-hydrogen) atoms. The first-order valence-electron chi connectivity index (χ1n) is 3.82. The van der Waals surface area contributed by atoms with Crippen molar-refractivity contribution in [2.75, 3.05) is 0 Å². The number of aliphatic imine (C=N–C) groups is 1. The van der Waals surface area contributed by atoms with Gasteiger partial charge in [0, 0.05) is 5.02 Å². The highest BCUT2D eigenvalue weighted by molar-refractivity contribution is 6.30. The van der Waals surface area contributed by atoms with E-state index in [1.54, 1.807) is 24.3 Å². The van der Waals surface area contributed by atoms with Crippen LogP contribution in [0.4, 0.5) is 5.69 Å². The zero-order valence-corrected chi connectivity index (χ0v) is 8.12. The van der Waals surface area contributed by atoms with Crippen LogP contribution in [0.5, 0.6) is 0 Å². The Hall–Kier alpha value is -1.75. The second-order valence-electron chi connectivity index (χ2n) is 2.56. The summed E-state index contributed by atoms with van der Waals surface area (Å²) in [6.45, 7) is 0. The first-order chi connectivity index (χ1) is 6.58. The van der Waals surface area contributed by atoms with Gasteiger partial charge in [0.25, 0.3) is 5.96 Å². The SMILES string of the molecule is NC(=Nc1cccc(Cl)c1)[NH+]=C(N)N. The van der Waals surface area contributed by atoms with Crippen LogP contribution in [-0.4, -0.2) is 11.9 Å². The Morgan fingerprint density at radius 3 is 2.57 bits per heavy atom. The molecule has 0 saturated carbocycles. The van der Waals surface area contributed by atoms with Crippen LogP contribution in [0.1, 0.15) is 0 Å². The molecule has 0 aliphatic heterocycles. The van der Waals surface area contributed by atoms with Crippen molar-refractivity contribution in [3.8, 4) is 0 Å². The van der Waals surface area contributed by atoms with Gasteiger partial charge in [0.05, 0.1) is 0 Å². The number of rotatable bonds is 1. The summed E-state index contributed by atoms with van der Waals surface area (Å²) in [7, 11) is 0. The zero-order valence-electron chi connectivity index (χ0n) is 7.37. The molecule has 0 aliphatic rings. The van der Waals surface area contributed by atoms with Crippen molar-refractivity contribution in [1.82, 2.24) is 0 Å². The van der Waals surface area contributed by atoms with Gasteiger partial charge in [-0.15, -0.1) is 4.99 Å². The maximum Gasteiger partial charge on any atom is 0.316 e. The lowest BCUT2D eigenvalue weighted by Gasteiger charge is -1.92. The van der Waals surface area contributed by atoms with Crippen molar-refractivity contribution < 1.29 is 4.99 Å². The van der Waals surface area contributed by atoms with Crippen LogP contribution in [-0.2, 0) is 0 Å². The number of hydrogen-bond donors (Lipinski definition) is 4. The van der Waals surface area contributed by atoms with Crippen LogP contribution in [0, 0.1) is 0 Å². The van der Waals surface area contributed by atoms with Crippen molar-refractivity contribution in [2.24, 2.45) is 22.2 Å². The fourth-order valence-corrected chi connectivity index (χ4v) is 1.05. The molecule has 0 unspecified atom stereocenters. The molecule has 0 bridgehead atoms. The van der Waals surface area contributed by atoms with Crippen molar-refractivity contribution in [3.63, 3.8) is 0 Å². The van der Waals surface area contributed by atoms with Crippen molar-refractivity contribution in [1.29, 1.82) is 0 Å². The molecule has 1 aromatic carbocycles. The molecule has 0 heterocycles. The van der Waals surface area contributed by atoms with Gasteiger partial charge in [-0.2, -0.15) is 0 Å². The van der Waals surface area contributed by atoms with E-state index in [1.807, 2.05) is 0 Å². The van der Waals surface area contributed by atoms with E-state index in [9.17, 15) is 0 Å². The topological polar surface area (TPSA) is 104 Å². The minimum Gasteiger partial charge on any atom is -0.323 e. The third-order valence-electron chi connectivity index (χ3n) is 1.33. The van der Waals surface area contributed by atoms with Crippen LogP contribution >= 0.6 is 11.6 Å². The number of nitrogens with one attached hydrogen (secondary N) is 1.